The van der Waals surface area contributed by atoms with Crippen LogP contribution in [0.4, 0.5) is 5.69 Å². The van der Waals surface area contributed by atoms with E-state index in [2.05, 4.69) is 15.0 Å². The highest BCUT2D eigenvalue weighted by atomic mass is 32.2. The van der Waals surface area contributed by atoms with E-state index in [0.717, 1.165) is 18.5 Å². The smallest absolute Gasteiger partial charge is 0.232 e. The van der Waals surface area contributed by atoms with Crippen LogP contribution in [0.1, 0.15) is 12.5 Å². The van der Waals surface area contributed by atoms with Crippen molar-refractivity contribution in [3.8, 4) is 0 Å². The molecule has 1 heterocycles. The number of hydrogen-bond donors (Lipinski definition) is 2. The van der Waals surface area contributed by atoms with Crippen LogP contribution in [0, 0.1) is 0 Å². The van der Waals surface area contributed by atoms with Crippen LogP contribution in [-0.2, 0) is 16.4 Å². The van der Waals surface area contributed by atoms with Gasteiger partial charge in [-0.2, -0.15) is 0 Å². The Morgan fingerprint density at radius 3 is 3.00 bits per heavy atom. The van der Waals surface area contributed by atoms with Gasteiger partial charge in [-0.25, -0.2) is 8.42 Å². The van der Waals surface area contributed by atoms with Gasteiger partial charge in [-0.05, 0) is 31.0 Å². The summed E-state index contributed by atoms with van der Waals surface area (Å²) >= 11 is 0. The topological polar surface area (TPSA) is 70.6 Å². The third-order valence-electron chi connectivity index (χ3n) is 2.79. The summed E-state index contributed by atoms with van der Waals surface area (Å²) in [6.45, 7) is 2.39. The molecule has 18 heavy (non-hydrogen) atoms. The normalized spacial score (nSPS) is 18.6. The third kappa shape index (κ3) is 3.46. The molecule has 1 atom stereocenters. The van der Waals surface area contributed by atoms with Crippen LogP contribution >= 0.6 is 0 Å². The first-order valence-electron chi connectivity index (χ1n) is 5.93. The molecule has 0 fully saturated rings. The van der Waals surface area contributed by atoms with Crippen LogP contribution in [0.2, 0.25) is 0 Å². The number of nitrogens with one attached hydrogen (secondary N) is 2. The lowest BCUT2D eigenvalue weighted by molar-refractivity contribution is 0.602. The van der Waals surface area contributed by atoms with Gasteiger partial charge < -0.3 is 5.32 Å². The van der Waals surface area contributed by atoms with Crippen LogP contribution in [-0.4, -0.2) is 33.1 Å². The Bertz CT molecular complexity index is 532. The molecule has 0 saturated heterocycles. The lowest BCUT2D eigenvalue weighted by Gasteiger charge is -2.11. The molecule has 1 aromatic rings. The molecule has 0 radical (unpaired) electrons. The van der Waals surface area contributed by atoms with Crippen molar-refractivity contribution in [3.05, 3.63) is 29.8 Å². The average molecular weight is 267 g/mol. The van der Waals surface area contributed by atoms with Crippen LogP contribution in [0.3, 0.4) is 0 Å². The Balaban J connectivity index is 2.05. The maximum absolute atomic E-state index is 11.5. The van der Waals surface area contributed by atoms with Crippen LogP contribution in [0.15, 0.2) is 29.3 Å². The van der Waals surface area contributed by atoms with Crippen molar-refractivity contribution in [2.75, 3.05) is 17.0 Å². The summed E-state index contributed by atoms with van der Waals surface area (Å²) in [5, 5.41) is 3.15. The zero-order valence-corrected chi connectivity index (χ0v) is 11.1. The third-order valence-corrected chi connectivity index (χ3v) is 4.10. The number of nitrogens with zero attached hydrogens (tertiary/aromatic N) is 1. The van der Waals surface area contributed by atoms with E-state index in [1.807, 2.05) is 18.2 Å². The standard InChI is InChI=1S/C12H17N3O2S/c1-2-18(16,17)15-11-5-3-4-10(6-11)7-12-8-13-9-14-12/h3-6,9,12,15H,2,7-8H2,1H3,(H,13,14). The van der Waals surface area contributed by atoms with Gasteiger partial charge in [-0.1, -0.05) is 12.1 Å². The monoisotopic (exact) mass is 267 g/mol. The quantitative estimate of drug-likeness (QED) is 0.836. The first kappa shape index (κ1) is 12.9. The van der Waals surface area contributed by atoms with Crippen molar-refractivity contribution in [1.82, 2.24) is 5.32 Å². The molecular formula is C12H17N3O2S. The number of hydrogen-bond acceptors (Lipinski definition) is 4. The predicted octanol–water partition coefficient (Wildman–Crippen LogP) is 0.991. The molecule has 5 nitrogen and oxygen atoms in total. The van der Waals surface area contributed by atoms with E-state index in [0.29, 0.717) is 11.7 Å². The maximum atomic E-state index is 11.5. The second kappa shape index (κ2) is 5.39. The van der Waals surface area contributed by atoms with Gasteiger partial charge in [0.05, 0.1) is 24.7 Å². The maximum Gasteiger partial charge on any atom is 0.232 e. The molecule has 1 unspecified atom stereocenters. The van der Waals surface area contributed by atoms with E-state index in [1.54, 1.807) is 19.3 Å². The van der Waals surface area contributed by atoms with E-state index in [1.165, 1.54) is 0 Å². The van der Waals surface area contributed by atoms with Gasteiger partial charge >= 0.3 is 0 Å². The lowest BCUT2D eigenvalue weighted by atomic mass is 10.1. The van der Waals surface area contributed by atoms with Gasteiger partial charge in [0, 0.05) is 5.69 Å². The van der Waals surface area contributed by atoms with E-state index in [4.69, 9.17) is 0 Å². The molecule has 1 aliphatic rings. The van der Waals surface area contributed by atoms with Gasteiger partial charge in [0.1, 0.15) is 0 Å². The fraction of sp³-hybridized carbons (Fsp3) is 0.417. The molecule has 1 aromatic carbocycles. The van der Waals surface area contributed by atoms with Gasteiger partial charge in [0.2, 0.25) is 10.0 Å². The minimum atomic E-state index is -3.21. The molecule has 1 aliphatic heterocycles. The van der Waals surface area contributed by atoms with Gasteiger partial charge in [-0.3, -0.25) is 9.71 Å². The van der Waals surface area contributed by atoms with Crippen molar-refractivity contribution in [2.24, 2.45) is 4.99 Å². The van der Waals surface area contributed by atoms with Crippen LogP contribution in [0.25, 0.3) is 0 Å². The number of anilines is 1. The minimum absolute atomic E-state index is 0.0786. The summed E-state index contributed by atoms with van der Waals surface area (Å²) in [5.74, 6) is 0.0786. The Morgan fingerprint density at radius 1 is 1.50 bits per heavy atom. The molecule has 6 heteroatoms. The molecule has 0 aliphatic carbocycles. The predicted molar refractivity (Wildman–Crippen MR) is 73.5 cm³/mol. The second-order valence-corrected chi connectivity index (χ2v) is 6.28. The first-order valence-corrected chi connectivity index (χ1v) is 7.58. The summed E-state index contributed by atoms with van der Waals surface area (Å²) < 4.78 is 25.5. The van der Waals surface area contributed by atoms with Crippen molar-refractivity contribution in [2.45, 2.75) is 19.4 Å². The van der Waals surface area contributed by atoms with Crippen molar-refractivity contribution >= 4 is 22.0 Å². The molecule has 0 spiro atoms. The number of aliphatic imine (C=N–C) groups is 1. The highest BCUT2D eigenvalue weighted by molar-refractivity contribution is 7.92. The zero-order valence-electron chi connectivity index (χ0n) is 10.3. The van der Waals surface area contributed by atoms with Gasteiger partial charge in [0.15, 0.2) is 0 Å². The highest BCUT2D eigenvalue weighted by Gasteiger charge is 2.12. The average Bonchev–Trinajstić information content (AvgIpc) is 2.82. The largest absolute Gasteiger partial charge is 0.372 e. The van der Waals surface area contributed by atoms with E-state index in [9.17, 15) is 8.42 Å². The van der Waals surface area contributed by atoms with E-state index in [-0.39, 0.29) is 5.75 Å². The SMILES string of the molecule is CCS(=O)(=O)Nc1cccc(CC2CN=CN2)c1. The Hall–Kier alpha value is -1.56. The zero-order chi connectivity index (χ0) is 13.0. The fourth-order valence-corrected chi connectivity index (χ4v) is 2.44. The fourth-order valence-electron chi connectivity index (χ4n) is 1.81. The Labute approximate surface area is 107 Å². The molecule has 2 rings (SSSR count). The molecule has 0 aromatic heterocycles. The van der Waals surface area contributed by atoms with Crippen molar-refractivity contribution < 1.29 is 8.42 Å². The molecule has 2 N–H and O–H groups in total. The highest BCUT2D eigenvalue weighted by Crippen LogP contribution is 2.14. The Kier molecular flexibility index (Phi) is 3.86. The molecule has 98 valence electrons. The van der Waals surface area contributed by atoms with Crippen molar-refractivity contribution in [1.29, 1.82) is 0 Å². The summed E-state index contributed by atoms with van der Waals surface area (Å²) in [6.07, 6.45) is 2.55. The van der Waals surface area contributed by atoms with Gasteiger partial charge in [-0.15, -0.1) is 0 Å². The number of sulfonamides is 1. The minimum Gasteiger partial charge on any atom is -0.372 e. The first-order chi connectivity index (χ1) is 8.59. The van der Waals surface area contributed by atoms with E-state index >= 15 is 0 Å². The van der Waals surface area contributed by atoms with Gasteiger partial charge in [0.25, 0.3) is 0 Å². The second-order valence-electron chi connectivity index (χ2n) is 4.27. The molecule has 0 amide bonds. The van der Waals surface area contributed by atoms with E-state index < -0.39 is 10.0 Å². The molecule has 0 saturated carbocycles. The van der Waals surface area contributed by atoms with Crippen molar-refractivity contribution in [3.63, 3.8) is 0 Å². The summed E-state index contributed by atoms with van der Waals surface area (Å²) in [5.41, 5.74) is 1.71. The number of benzene rings is 1. The molecule has 0 bridgehead atoms. The van der Waals surface area contributed by atoms with Crippen LogP contribution in [0.5, 0.6) is 0 Å². The summed E-state index contributed by atoms with van der Waals surface area (Å²) in [4.78, 5) is 4.11. The summed E-state index contributed by atoms with van der Waals surface area (Å²) in [7, 11) is -3.21. The molecular weight excluding hydrogens is 250 g/mol. The lowest BCUT2D eigenvalue weighted by Crippen LogP contribution is -2.27. The Morgan fingerprint density at radius 2 is 2.33 bits per heavy atom. The van der Waals surface area contributed by atoms with Crippen LogP contribution < -0.4 is 10.0 Å². The number of rotatable bonds is 5. The summed E-state index contributed by atoms with van der Waals surface area (Å²) in [6, 6.07) is 7.79.